The molecule has 0 saturated carbocycles. The van der Waals surface area contributed by atoms with Crippen LogP contribution in [0.3, 0.4) is 0 Å². The molecule has 1 unspecified atom stereocenters. The highest BCUT2D eigenvalue weighted by Crippen LogP contribution is 2.32. The van der Waals surface area contributed by atoms with Gasteiger partial charge in [-0.3, -0.25) is 10.2 Å². The minimum Gasteiger partial charge on any atom is -0.388 e. The number of nitrogens with one attached hydrogen (secondary N) is 3. The molecule has 3 amide bonds. The molecule has 226 valence electrons. The van der Waals surface area contributed by atoms with E-state index in [0.717, 1.165) is 18.7 Å². The molecule has 0 radical (unpaired) electrons. The zero-order valence-electron chi connectivity index (χ0n) is 22.8. The Kier molecular flexibility index (Phi) is 12.3. The molecule has 2 aromatic heterocycles. The number of carbonyl (C=O) groups is 2. The summed E-state index contributed by atoms with van der Waals surface area (Å²) in [5.74, 6) is -0.319. The van der Waals surface area contributed by atoms with Gasteiger partial charge in [-0.05, 0) is 32.4 Å². The van der Waals surface area contributed by atoms with Gasteiger partial charge in [-0.15, -0.1) is 0 Å². The van der Waals surface area contributed by atoms with Gasteiger partial charge in [-0.25, -0.2) is 14.3 Å². The van der Waals surface area contributed by atoms with Gasteiger partial charge in [0.1, 0.15) is 6.04 Å². The number of ether oxygens (including phenoxy) is 2. The van der Waals surface area contributed by atoms with Crippen molar-refractivity contribution < 1.29 is 45.4 Å². The number of amides is 3. The highest BCUT2D eigenvalue weighted by atomic mass is 19.4. The highest BCUT2D eigenvalue weighted by molar-refractivity contribution is 6.36. The second kappa shape index (κ2) is 14.2. The van der Waals surface area contributed by atoms with Gasteiger partial charge in [-0.1, -0.05) is 0 Å². The molecule has 1 saturated heterocycles. The molecule has 3 N–H and O–H groups in total. The number of hydrogen-bond donors (Lipinski definition) is 3. The fraction of sp³-hybridized carbons (Fsp3) is 0.609. The van der Waals surface area contributed by atoms with E-state index in [9.17, 15) is 35.9 Å². The number of urea groups is 1. The van der Waals surface area contributed by atoms with Gasteiger partial charge in [0.25, 0.3) is 5.91 Å². The Bertz CT molecular complexity index is 1150. The Morgan fingerprint density at radius 1 is 1.23 bits per heavy atom. The Hall–Kier alpha value is -3.47. The molecule has 0 aliphatic carbocycles. The average Bonchev–Trinajstić information content (AvgIpc) is 3.41. The Labute approximate surface area is 226 Å². The standard InChI is InChI=1S/C17H19F6N5O2.C4H8N2O.C2H6O/c1-15(2,17(21,22)23)30-4-3-11-8-28-13(25-11)5-10(6-24-28)7-27-9-12(16(18,19)20)26-14(27)29;1-3(5)4(7)6-2;1-3-2/h5-6,8,12H,3-4,7,9H2,1-2H3,(H,26,29);5H,1-2H3,(H,6,7);1-2H3. The summed E-state index contributed by atoms with van der Waals surface area (Å²) in [6.07, 6.45) is -6.02. The lowest BCUT2D eigenvalue weighted by molar-refractivity contribution is -0.263. The lowest BCUT2D eigenvalue weighted by atomic mass is 10.1. The van der Waals surface area contributed by atoms with Crippen LogP contribution in [0.5, 0.6) is 0 Å². The smallest absolute Gasteiger partial charge is 0.388 e. The summed E-state index contributed by atoms with van der Waals surface area (Å²) in [5, 5.41) is 15.0. The van der Waals surface area contributed by atoms with E-state index < -0.39 is 36.6 Å². The number of aromatic nitrogens is 3. The molecule has 0 spiro atoms. The van der Waals surface area contributed by atoms with Crippen LogP contribution in [0.2, 0.25) is 0 Å². The van der Waals surface area contributed by atoms with Crippen molar-refractivity contribution in [3.05, 3.63) is 29.7 Å². The van der Waals surface area contributed by atoms with Crippen LogP contribution < -0.4 is 10.6 Å². The molecule has 17 heteroatoms. The van der Waals surface area contributed by atoms with Crippen LogP contribution in [-0.2, 0) is 27.2 Å². The monoisotopic (exact) mass is 585 g/mol. The number of methoxy groups -OCH3 is 1. The number of carbonyl (C=O) groups excluding carboxylic acids is 2. The van der Waals surface area contributed by atoms with Gasteiger partial charge in [0.05, 0.1) is 37.0 Å². The molecular formula is C23H33F6N7O4. The molecule has 1 fully saturated rings. The van der Waals surface area contributed by atoms with Crippen LogP contribution in [-0.4, -0.2) is 95.6 Å². The van der Waals surface area contributed by atoms with Gasteiger partial charge >= 0.3 is 18.4 Å². The predicted octanol–water partition coefficient (Wildman–Crippen LogP) is 3.12. The summed E-state index contributed by atoms with van der Waals surface area (Å²) >= 11 is 0. The summed E-state index contributed by atoms with van der Waals surface area (Å²) in [4.78, 5) is 27.2. The molecule has 1 atom stereocenters. The van der Waals surface area contributed by atoms with Crippen molar-refractivity contribution in [1.29, 1.82) is 5.41 Å². The third-order valence-electron chi connectivity index (χ3n) is 5.25. The molecule has 0 aromatic carbocycles. The van der Waals surface area contributed by atoms with E-state index >= 15 is 0 Å². The lowest BCUT2D eigenvalue weighted by Gasteiger charge is -2.27. The first-order valence-corrected chi connectivity index (χ1v) is 11.7. The molecule has 0 bridgehead atoms. The van der Waals surface area contributed by atoms with Crippen molar-refractivity contribution in [3.8, 4) is 0 Å². The number of alkyl halides is 6. The number of imidazole rings is 1. The van der Waals surface area contributed by atoms with Crippen molar-refractivity contribution >= 4 is 23.3 Å². The summed E-state index contributed by atoms with van der Waals surface area (Å²) in [7, 11) is 4.75. The zero-order valence-corrected chi connectivity index (χ0v) is 22.8. The number of rotatable bonds is 7. The molecule has 3 heterocycles. The molecular weight excluding hydrogens is 552 g/mol. The maximum Gasteiger partial charge on any atom is 0.416 e. The number of halogens is 6. The molecule has 11 nitrogen and oxygen atoms in total. The van der Waals surface area contributed by atoms with Crippen molar-refractivity contribution in [2.45, 2.75) is 57.7 Å². The molecule has 1 aliphatic heterocycles. The number of nitrogens with zero attached hydrogens (tertiary/aromatic N) is 4. The van der Waals surface area contributed by atoms with Crippen molar-refractivity contribution in [3.63, 3.8) is 0 Å². The van der Waals surface area contributed by atoms with Crippen LogP contribution in [0, 0.1) is 5.41 Å². The zero-order chi connectivity index (χ0) is 30.9. The topological polar surface area (TPSA) is 134 Å². The number of hydrogen-bond acceptors (Lipinski definition) is 7. The van der Waals surface area contributed by atoms with E-state index in [1.165, 1.54) is 30.9 Å². The lowest BCUT2D eigenvalue weighted by Crippen LogP contribution is -2.42. The van der Waals surface area contributed by atoms with Crippen LogP contribution in [0.25, 0.3) is 5.65 Å². The largest absolute Gasteiger partial charge is 0.416 e. The summed E-state index contributed by atoms with van der Waals surface area (Å²) < 4.78 is 87.2. The van der Waals surface area contributed by atoms with Crippen LogP contribution in [0.1, 0.15) is 32.0 Å². The minimum absolute atomic E-state index is 0.0440. The first-order valence-electron chi connectivity index (χ1n) is 11.7. The van der Waals surface area contributed by atoms with E-state index in [2.05, 4.69) is 20.1 Å². The first-order chi connectivity index (χ1) is 18.4. The SMILES string of the molecule is CC(C)(OCCc1cn2ncc(CN3CC(C(F)(F)F)NC3=O)cc2n1)C(F)(F)F.CNC(=O)C(C)=N.COC. The summed E-state index contributed by atoms with van der Waals surface area (Å²) in [5.41, 5.74) is -0.991. The van der Waals surface area contributed by atoms with E-state index in [1.807, 2.05) is 5.32 Å². The Morgan fingerprint density at radius 3 is 2.27 bits per heavy atom. The fourth-order valence-corrected chi connectivity index (χ4v) is 2.98. The van der Waals surface area contributed by atoms with Crippen molar-refractivity contribution in [2.24, 2.45) is 0 Å². The van der Waals surface area contributed by atoms with Gasteiger partial charge in [-0.2, -0.15) is 31.4 Å². The third kappa shape index (κ3) is 10.3. The molecule has 2 aromatic rings. The van der Waals surface area contributed by atoms with Crippen LogP contribution in [0.15, 0.2) is 18.5 Å². The minimum atomic E-state index is -4.53. The van der Waals surface area contributed by atoms with Crippen LogP contribution in [0.4, 0.5) is 31.1 Å². The van der Waals surface area contributed by atoms with E-state index in [0.29, 0.717) is 16.9 Å². The maximum atomic E-state index is 12.8. The van der Waals surface area contributed by atoms with Crippen molar-refractivity contribution in [2.75, 3.05) is 34.4 Å². The first kappa shape index (κ1) is 34.6. The van der Waals surface area contributed by atoms with Gasteiger partial charge in [0, 0.05) is 34.2 Å². The quantitative estimate of drug-likeness (QED) is 0.338. The van der Waals surface area contributed by atoms with E-state index in [4.69, 9.17) is 10.1 Å². The third-order valence-corrected chi connectivity index (χ3v) is 5.25. The summed E-state index contributed by atoms with van der Waals surface area (Å²) in [6, 6.07) is -1.21. The average molecular weight is 586 g/mol. The van der Waals surface area contributed by atoms with Crippen LogP contribution >= 0.6 is 0 Å². The second-order valence-electron chi connectivity index (χ2n) is 9.04. The fourth-order valence-electron chi connectivity index (χ4n) is 2.98. The van der Waals surface area contributed by atoms with Gasteiger partial charge in [0.15, 0.2) is 11.2 Å². The summed E-state index contributed by atoms with van der Waals surface area (Å²) in [6.45, 7) is 2.49. The molecule has 40 heavy (non-hydrogen) atoms. The molecule has 1 aliphatic rings. The number of fused-ring (bicyclic) bond motifs is 1. The van der Waals surface area contributed by atoms with E-state index in [-0.39, 0.29) is 31.2 Å². The van der Waals surface area contributed by atoms with E-state index in [1.54, 1.807) is 20.3 Å². The predicted molar refractivity (Wildman–Crippen MR) is 132 cm³/mol. The van der Waals surface area contributed by atoms with Crippen molar-refractivity contribution in [1.82, 2.24) is 30.1 Å². The Balaban J connectivity index is 0.000000687. The Morgan fingerprint density at radius 2 is 1.82 bits per heavy atom. The normalized spacial score (nSPS) is 15.6. The van der Waals surface area contributed by atoms with Gasteiger partial charge < -0.3 is 25.0 Å². The van der Waals surface area contributed by atoms with Gasteiger partial charge in [0.2, 0.25) is 0 Å². The molecule has 3 rings (SSSR count). The highest BCUT2D eigenvalue weighted by Gasteiger charge is 2.48. The second-order valence-corrected chi connectivity index (χ2v) is 9.04. The maximum absolute atomic E-state index is 12.8.